The molecule has 0 fully saturated rings. The number of carbonyl (C=O) groups excluding carboxylic acids is 1. The molecule has 0 aliphatic rings. The van der Waals surface area contributed by atoms with Crippen molar-refractivity contribution < 1.29 is 18.7 Å². The van der Waals surface area contributed by atoms with E-state index in [4.69, 9.17) is 13.9 Å². The Balaban J connectivity index is 2.49. The Labute approximate surface area is 112 Å². The van der Waals surface area contributed by atoms with E-state index >= 15 is 0 Å². The Morgan fingerprint density at radius 2 is 2.11 bits per heavy atom. The van der Waals surface area contributed by atoms with E-state index in [2.05, 4.69) is 0 Å². The standard InChI is InChI=1S/C15H18O4/c1-5-17-11-6-7-13-12(8-11)14(10(4)19-13)15(16)18-9(2)3/h6-9H,5H2,1-4H3. The fourth-order valence-electron chi connectivity index (χ4n) is 1.98. The molecule has 0 saturated carbocycles. The Morgan fingerprint density at radius 3 is 2.74 bits per heavy atom. The van der Waals surface area contributed by atoms with E-state index in [1.165, 1.54) is 0 Å². The second-order valence-corrected chi connectivity index (χ2v) is 4.58. The van der Waals surface area contributed by atoms with Crippen LogP contribution in [0, 0.1) is 6.92 Å². The van der Waals surface area contributed by atoms with Crippen molar-refractivity contribution >= 4 is 16.9 Å². The van der Waals surface area contributed by atoms with Gasteiger partial charge in [-0.2, -0.15) is 0 Å². The van der Waals surface area contributed by atoms with Crippen molar-refractivity contribution in [2.75, 3.05) is 6.61 Å². The number of ether oxygens (including phenoxy) is 2. The molecule has 0 atom stereocenters. The first kappa shape index (κ1) is 13.5. The van der Waals surface area contributed by atoms with E-state index in [0.717, 1.165) is 11.1 Å². The lowest BCUT2D eigenvalue weighted by Gasteiger charge is -2.07. The highest BCUT2D eigenvalue weighted by atomic mass is 16.5. The van der Waals surface area contributed by atoms with Gasteiger partial charge in [-0.15, -0.1) is 0 Å². The molecule has 0 spiro atoms. The molecular weight excluding hydrogens is 244 g/mol. The highest BCUT2D eigenvalue weighted by Gasteiger charge is 2.20. The van der Waals surface area contributed by atoms with Crippen molar-refractivity contribution in [1.29, 1.82) is 0 Å². The average Bonchev–Trinajstić information content (AvgIpc) is 2.64. The number of hydrogen-bond donors (Lipinski definition) is 0. The van der Waals surface area contributed by atoms with Crippen molar-refractivity contribution in [1.82, 2.24) is 0 Å². The molecule has 4 heteroatoms. The normalized spacial score (nSPS) is 11.0. The van der Waals surface area contributed by atoms with Crippen LogP contribution in [0.3, 0.4) is 0 Å². The summed E-state index contributed by atoms with van der Waals surface area (Å²) >= 11 is 0. The first-order valence-corrected chi connectivity index (χ1v) is 6.39. The van der Waals surface area contributed by atoms with Gasteiger partial charge in [0.2, 0.25) is 0 Å². The topological polar surface area (TPSA) is 48.7 Å². The maximum Gasteiger partial charge on any atom is 0.342 e. The summed E-state index contributed by atoms with van der Waals surface area (Å²) in [5.74, 6) is 0.920. The first-order chi connectivity index (χ1) is 9.02. The molecule has 1 aromatic heterocycles. The summed E-state index contributed by atoms with van der Waals surface area (Å²) in [7, 11) is 0. The van der Waals surface area contributed by atoms with E-state index in [1.54, 1.807) is 13.0 Å². The molecule has 0 aliphatic carbocycles. The van der Waals surface area contributed by atoms with E-state index < -0.39 is 0 Å². The van der Waals surface area contributed by atoms with Gasteiger partial charge >= 0.3 is 5.97 Å². The number of esters is 1. The monoisotopic (exact) mass is 262 g/mol. The van der Waals surface area contributed by atoms with Crippen LogP contribution in [-0.4, -0.2) is 18.7 Å². The van der Waals surface area contributed by atoms with Crippen LogP contribution in [0.2, 0.25) is 0 Å². The molecule has 0 amide bonds. The lowest BCUT2D eigenvalue weighted by molar-refractivity contribution is 0.0378. The molecule has 0 unspecified atom stereocenters. The Kier molecular flexibility index (Phi) is 3.79. The molecule has 2 aromatic rings. The predicted octanol–water partition coefficient (Wildman–Crippen LogP) is 3.71. The number of carbonyl (C=O) groups is 1. The summed E-state index contributed by atoms with van der Waals surface area (Å²) in [4.78, 5) is 12.1. The molecule has 0 saturated heterocycles. The summed E-state index contributed by atoms with van der Waals surface area (Å²) in [6.45, 7) is 7.90. The van der Waals surface area contributed by atoms with Crippen LogP contribution in [0.15, 0.2) is 22.6 Å². The summed E-state index contributed by atoms with van der Waals surface area (Å²) < 4.78 is 16.3. The van der Waals surface area contributed by atoms with Crippen LogP contribution in [0.25, 0.3) is 11.0 Å². The van der Waals surface area contributed by atoms with Crippen molar-refractivity contribution in [3.8, 4) is 5.75 Å². The zero-order valence-corrected chi connectivity index (χ0v) is 11.6. The van der Waals surface area contributed by atoms with Gasteiger partial charge in [-0.05, 0) is 45.9 Å². The van der Waals surface area contributed by atoms with Crippen molar-refractivity contribution in [3.63, 3.8) is 0 Å². The zero-order chi connectivity index (χ0) is 14.0. The minimum Gasteiger partial charge on any atom is -0.494 e. The lowest BCUT2D eigenvalue weighted by Crippen LogP contribution is -2.12. The second kappa shape index (κ2) is 5.34. The largest absolute Gasteiger partial charge is 0.494 e. The molecule has 102 valence electrons. The lowest BCUT2D eigenvalue weighted by atomic mass is 10.1. The Hall–Kier alpha value is -1.97. The third-order valence-electron chi connectivity index (χ3n) is 2.69. The van der Waals surface area contributed by atoms with E-state index in [1.807, 2.05) is 32.9 Å². The van der Waals surface area contributed by atoms with Gasteiger partial charge in [0.1, 0.15) is 22.7 Å². The molecule has 0 bridgehead atoms. The maximum absolute atomic E-state index is 12.1. The highest BCUT2D eigenvalue weighted by Crippen LogP contribution is 2.29. The summed E-state index contributed by atoms with van der Waals surface area (Å²) in [6.07, 6.45) is -0.160. The van der Waals surface area contributed by atoms with Crippen molar-refractivity contribution in [2.45, 2.75) is 33.8 Å². The van der Waals surface area contributed by atoms with E-state index in [-0.39, 0.29) is 12.1 Å². The average molecular weight is 262 g/mol. The maximum atomic E-state index is 12.1. The van der Waals surface area contributed by atoms with Gasteiger partial charge in [0, 0.05) is 5.39 Å². The Morgan fingerprint density at radius 1 is 1.37 bits per heavy atom. The third-order valence-corrected chi connectivity index (χ3v) is 2.69. The van der Waals surface area contributed by atoms with E-state index in [0.29, 0.717) is 23.5 Å². The van der Waals surface area contributed by atoms with Crippen LogP contribution in [0.4, 0.5) is 0 Å². The number of furan rings is 1. The van der Waals surface area contributed by atoms with Crippen LogP contribution >= 0.6 is 0 Å². The van der Waals surface area contributed by atoms with Crippen molar-refractivity contribution in [2.24, 2.45) is 0 Å². The van der Waals surface area contributed by atoms with Gasteiger partial charge in [-0.25, -0.2) is 4.79 Å². The fourth-order valence-corrected chi connectivity index (χ4v) is 1.98. The molecule has 1 heterocycles. The van der Waals surface area contributed by atoms with Crippen LogP contribution < -0.4 is 4.74 Å². The van der Waals surface area contributed by atoms with Gasteiger partial charge in [0.15, 0.2) is 0 Å². The third kappa shape index (κ3) is 2.72. The number of benzene rings is 1. The summed E-state index contributed by atoms with van der Waals surface area (Å²) in [5.41, 5.74) is 1.14. The number of hydrogen-bond acceptors (Lipinski definition) is 4. The summed E-state index contributed by atoms with van der Waals surface area (Å²) in [5, 5.41) is 0.731. The van der Waals surface area contributed by atoms with Crippen LogP contribution in [-0.2, 0) is 4.74 Å². The molecule has 2 rings (SSSR count). The molecule has 0 N–H and O–H groups in total. The summed E-state index contributed by atoms with van der Waals surface area (Å²) in [6, 6.07) is 5.44. The number of aryl methyl sites for hydroxylation is 1. The van der Waals surface area contributed by atoms with Gasteiger partial charge in [0.25, 0.3) is 0 Å². The molecule has 4 nitrogen and oxygen atoms in total. The number of fused-ring (bicyclic) bond motifs is 1. The van der Waals surface area contributed by atoms with Gasteiger partial charge < -0.3 is 13.9 Å². The van der Waals surface area contributed by atoms with E-state index in [9.17, 15) is 4.79 Å². The smallest absolute Gasteiger partial charge is 0.342 e. The molecule has 1 aromatic carbocycles. The molecular formula is C15H18O4. The predicted molar refractivity (Wildman–Crippen MR) is 72.7 cm³/mol. The fraction of sp³-hybridized carbons (Fsp3) is 0.400. The molecule has 19 heavy (non-hydrogen) atoms. The molecule has 0 radical (unpaired) electrons. The van der Waals surface area contributed by atoms with Crippen molar-refractivity contribution in [3.05, 3.63) is 29.5 Å². The quantitative estimate of drug-likeness (QED) is 0.788. The van der Waals surface area contributed by atoms with Gasteiger partial charge in [0.05, 0.1) is 12.7 Å². The highest BCUT2D eigenvalue weighted by molar-refractivity contribution is 6.04. The van der Waals surface area contributed by atoms with Crippen LogP contribution in [0.5, 0.6) is 5.75 Å². The second-order valence-electron chi connectivity index (χ2n) is 4.58. The minimum absolute atomic E-state index is 0.160. The number of rotatable bonds is 4. The zero-order valence-electron chi connectivity index (χ0n) is 11.6. The molecule has 0 aliphatic heterocycles. The minimum atomic E-state index is -0.361. The first-order valence-electron chi connectivity index (χ1n) is 6.39. The Bertz CT molecular complexity index is 595. The van der Waals surface area contributed by atoms with Gasteiger partial charge in [-0.1, -0.05) is 0 Å². The van der Waals surface area contributed by atoms with Crippen LogP contribution in [0.1, 0.15) is 36.9 Å². The van der Waals surface area contributed by atoms with Gasteiger partial charge in [-0.3, -0.25) is 0 Å². The SMILES string of the molecule is CCOc1ccc2oc(C)c(C(=O)OC(C)C)c2c1.